The number of rotatable bonds is 2. The van der Waals surface area contributed by atoms with Gasteiger partial charge in [0.05, 0.1) is 17.3 Å². The van der Waals surface area contributed by atoms with Gasteiger partial charge in [-0.15, -0.1) is 0 Å². The lowest BCUT2D eigenvalue weighted by molar-refractivity contribution is 0.262. The topological polar surface area (TPSA) is 90.9 Å². The lowest BCUT2D eigenvalue weighted by Gasteiger charge is -2.08. The van der Waals surface area contributed by atoms with E-state index in [9.17, 15) is 9.18 Å². The number of nitrogen functional groups attached to an aromatic ring is 1. The molecule has 100 valence electrons. The Labute approximate surface area is 114 Å². The molecule has 0 aromatic heterocycles. The van der Waals surface area contributed by atoms with Gasteiger partial charge >= 0.3 is 6.03 Å². The number of carbonyl (C=O) groups excluding carboxylic acids is 1. The number of nitrogens with one attached hydrogen (secondary N) is 2. The first-order valence-corrected chi connectivity index (χ1v) is 5.71. The van der Waals surface area contributed by atoms with E-state index in [4.69, 9.17) is 11.0 Å². The molecule has 0 spiro atoms. The summed E-state index contributed by atoms with van der Waals surface area (Å²) in [7, 11) is 0. The van der Waals surface area contributed by atoms with Crippen LogP contribution >= 0.6 is 0 Å². The van der Waals surface area contributed by atoms with Gasteiger partial charge in [-0.2, -0.15) is 5.26 Å². The van der Waals surface area contributed by atoms with Crippen molar-refractivity contribution in [3.63, 3.8) is 0 Å². The molecule has 0 saturated carbocycles. The van der Waals surface area contributed by atoms with Gasteiger partial charge in [-0.25, -0.2) is 9.18 Å². The third kappa shape index (κ3) is 3.23. The number of urea groups is 1. The molecule has 0 aliphatic carbocycles. The monoisotopic (exact) mass is 270 g/mol. The minimum Gasteiger partial charge on any atom is -0.396 e. The zero-order valence-corrected chi connectivity index (χ0v) is 10.4. The third-order valence-corrected chi connectivity index (χ3v) is 2.53. The summed E-state index contributed by atoms with van der Waals surface area (Å²) in [5.41, 5.74) is 6.79. The minimum absolute atomic E-state index is 0.0406. The quantitative estimate of drug-likeness (QED) is 0.733. The van der Waals surface area contributed by atoms with Gasteiger partial charge in [-0.3, -0.25) is 0 Å². The standard InChI is InChI=1S/C14H11FN4O/c15-12-6-5-11(7-13(12)17)19-14(20)18-10-3-1-9(8-16)2-4-10/h1-7H,17H2,(H2,18,19,20). The number of nitriles is 1. The summed E-state index contributed by atoms with van der Waals surface area (Å²) in [6.45, 7) is 0. The Bertz CT molecular complexity index is 677. The van der Waals surface area contributed by atoms with Gasteiger partial charge in [0.2, 0.25) is 0 Å². The predicted molar refractivity (Wildman–Crippen MR) is 74.6 cm³/mol. The molecule has 2 rings (SSSR count). The van der Waals surface area contributed by atoms with E-state index >= 15 is 0 Å². The second-order valence-corrected chi connectivity index (χ2v) is 4.00. The van der Waals surface area contributed by atoms with Gasteiger partial charge in [0.25, 0.3) is 0 Å². The van der Waals surface area contributed by atoms with Gasteiger partial charge in [0, 0.05) is 11.4 Å². The molecule has 2 aromatic rings. The molecule has 6 heteroatoms. The van der Waals surface area contributed by atoms with Crippen molar-refractivity contribution < 1.29 is 9.18 Å². The fraction of sp³-hybridized carbons (Fsp3) is 0. The number of hydrogen-bond donors (Lipinski definition) is 3. The van der Waals surface area contributed by atoms with E-state index in [0.717, 1.165) is 0 Å². The van der Waals surface area contributed by atoms with Crippen molar-refractivity contribution in [2.45, 2.75) is 0 Å². The summed E-state index contributed by atoms with van der Waals surface area (Å²) >= 11 is 0. The molecule has 5 nitrogen and oxygen atoms in total. The van der Waals surface area contributed by atoms with E-state index in [1.807, 2.05) is 6.07 Å². The number of carbonyl (C=O) groups is 1. The molecule has 20 heavy (non-hydrogen) atoms. The van der Waals surface area contributed by atoms with E-state index in [1.54, 1.807) is 24.3 Å². The van der Waals surface area contributed by atoms with Crippen LogP contribution < -0.4 is 16.4 Å². The van der Waals surface area contributed by atoms with Gasteiger partial charge < -0.3 is 16.4 Å². The molecule has 0 aliphatic heterocycles. The van der Waals surface area contributed by atoms with Crippen LogP contribution in [0.25, 0.3) is 0 Å². The lowest BCUT2D eigenvalue weighted by atomic mass is 10.2. The van der Waals surface area contributed by atoms with Gasteiger partial charge in [-0.1, -0.05) is 0 Å². The molecule has 0 radical (unpaired) electrons. The molecule has 0 unspecified atom stereocenters. The highest BCUT2D eigenvalue weighted by molar-refractivity contribution is 6.00. The first-order valence-electron chi connectivity index (χ1n) is 5.71. The van der Waals surface area contributed by atoms with Crippen LogP contribution in [0.2, 0.25) is 0 Å². The van der Waals surface area contributed by atoms with Crippen LogP contribution in [0.3, 0.4) is 0 Å². The third-order valence-electron chi connectivity index (χ3n) is 2.53. The Morgan fingerprint density at radius 3 is 2.30 bits per heavy atom. The summed E-state index contributed by atoms with van der Waals surface area (Å²) in [6, 6.07) is 11.8. The molecule has 2 amide bonds. The van der Waals surface area contributed by atoms with Crippen molar-refractivity contribution in [3.05, 3.63) is 53.8 Å². The van der Waals surface area contributed by atoms with Crippen LogP contribution in [0, 0.1) is 17.1 Å². The van der Waals surface area contributed by atoms with Crippen molar-refractivity contribution in [1.82, 2.24) is 0 Å². The van der Waals surface area contributed by atoms with Crippen molar-refractivity contribution in [2.75, 3.05) is 16.4 Å². The van der Waals surface area contributed by atoms with Crippen LogP contribution in [0.15, 0.2) is 42.5 Å². The number of nitrogens with zero attached hydrogens (tertiary/aromatic N) is 1. The predicted octanol–water partition coefficient (Wildman–Crippen LogP) is 2.92. The van der Waals surface area contributed by atoms with Crippen molar-refractivity contribution >= 4 is 23.1 Å². The summed E-state index contributed by atoms with van der Waals surface area (Å²) < 4.78 is 13.0. The zero-order chi connectivity index (χ0) is 14.5. The molecular weight excluding hydrogens is 259 g/mol. The Kier molecular flexibility index (Phi) is 3.82. The number of halogens is 1. The number of anilines is 3. The number of benzene rings is 2. The fourth-order valence-corrected chi connectivity index (χ4v) is 1.54. The minimum atomic E-state index is -0.539. The van der Waals surface area contributed by atoms with Crippen LogP contribution in [0.5, 0.6) is 0 Å². The molecular formula is C14H11FN4O. The van der Waals surface area contributed by atoms with Crippen LogP contribution in [0.4, 0.5) is 26.2 Å². The Morgan fingerprint density at radius 2 is 1.70 bits per heavy atom. The van der Waals surface area contributed by atoms with Crippen LogP contribution in [0.1, 0.15) is 5.56 Å². The second-order valence-electron chi connectivity index (χ2n) is 4.00. The summed E-state index contributed by atoms with van der Waals surface area (Å²) in [4.78, 5) is 11.7. The number of hydrogen-bond acceptors (Lipinski definition) is 3. The summed E-state index contributed by atoms with van der Waals surface area (Å²) in [5.74, 6) is -0.539. The molecule has 0 aliphatic rings. The van der Waals surface area contributed by atoms with E-state index in [0.29, 0.717) is 16.9 Å². The Morgan fingerprint density at radius 1 is 1.10 bits per heavy atom. The molecule has 0 saturated heterocycles. The smallest absolute Gasteiger partial charge is 0.323 e. The largest absolute Gasteiger partial charge is 0.396 e. The number of amides is 2. The molecule has 0 heterocycles. The van der Waals surface area contributed by atoms with Crippen molar-refractivity contribution in [3.8, 4) is 6.07 Å². The maximum atomic E-state index is 13.0. The highest BCUT2D eigenvalue weighted by Gasteiger charge is 2.05. The molecule has 2 aromatic carbocycles. The van der Waals surface area contributed by atoms with E-state index in [-0.39, 0.29) is 5.69 Å². The van der Waals surface area contributed by atoms with E-state index in [1.165, 1.54) is 18.2 Å². The Hall–Kier alpha value is -3.07. The molecule has 4 N–H and O–H groups in total. The summed E-state index contributed by atoms with van der Waals surface area (Å²) in [5, 5.41) is 13.8. The molecule has 0 fully saturated rings. The lowest BCUT2D eigenvalue weighted by Crippen LogP contribution is -2.19. The van der Waals surface area contributed by atoms with E-state index in [2.05, 4.69) is 10.6 Å². The SMILES string of the molecule is N#Cc1ccc(NC(=O)Nc2ccc(F)c(N)c2)cc1. The van der Waals surface area contributed by atoms with Gasteiger partial charge in [-0.05, 0) is 42.5 Å². The number of nitrogens with two attached hydrogens (primary N) is 1. The van der Waals surface area contributed by atoms with Gasteiger partial charge in [0.1, 0.15) is 5.82 Å². The second kappa shape index (κ2) is 5.71. The van der Waals surface area contributed by atoms with Crippen molar-refractivity contribution in [1.29, 1.82) is 5.26 Å². The zero-order valence-electron chi connectivity index (χ0n) is 10.4. The highest BCUT2D eigenvalue weighted by atomic mass is 19.1. The first kappa shape index (κ1) is 13.4. The summed E-state index contributed by atoms with van der Waals surface area (Å²) in [6.07, 6.45) is 0. The van der Waals surface area contributed by atoms with Crippen molar-refractivity contribution in [2.24, 2.45) is 0 Å². The van der Waals surface area contributed by atoms with Gasteiger partial charge in [0.15, 0.2) is 0 Å². The maximum Gasteiger partial charge on any atom is 0.323 e. The molecule has 0 atom stereocenters. The normalized spacial score (nSPS) is 9.60. The Balaban J connectivity index is 2.01. The van der Waals surface area contributed by atoms with Crippen LogP contribution in [-0.4, -0.2) is 6.03 Å². The average Bonchev–Trinajstić information content (AvgIpc) is 2.44. The first-order chi connectivity index (χ1) is 9.58. The maximum absolute atomic E-state index is 13.0. The highest BCUT2D eigenvalue weighted by Crippen LogP contribution is 2.16. The fourth-order valence-electron chi connectivity index (χ4n) is 1.54. The average molecular weight is 270 g/mol. The van der Waals surface area contributed by atoms with Crippen LogP contribution in [-0.2, 0) is 0 Å². The van der Waals surface area contributed by atoms with E-state index < -0.39 is 11.8 Å². The molecule has 0 bridgehead atoms.